The van der Waals surface area contributed by atoms with E-state index in [0.29, 0.717) is 34.3 Å². The minimum Gasteiger partial charge on any atom is -0.455 e. The van der Waals surface area contributed by atoms with Crippen LogP contribution in [-0.2, 0) is 19.3 Å². The van der Waals surface area contributed by atoms with E-state index >= 15 is 0 Å². The average molecular weight is 474 g/mol. The zero-order valence-corrected chi connectivity index (χ0v) is 19.7. The van der Waals surface area contributed by atoms with Gasteiger partial charge in [0.25, 0.3) is 5.91 Å². The van der Waals surface area contributed by atoms with E-state index in [2.05, 4.69) is 5.32 Å². The summed E-state index contributed by atoms with van der Waals surface area (Å²) in [6, 6.07) is 8.76. The Morgan fingerprint density at radius 2 is 1.88 bits per heavy atom. The molecule has 8 nitrogen and oxygen atoms in total. The summed E-state index contributed by atoms with van der Waals surface area (Å²) in [5.41, 5.74) is 1.21. The molecule has 3 aromatic rings. The van der Waals surface area contributed by atoms with E-state index in [4.69, 9.17) is 13.7 Å². The van der Waals surface area contributed by atoms with Crippen LogP contribution >= 0.6 is 0 Å². The predicted octanol–water partition coefficient (Wildman–Crippen LogP) is 2.51. The maximum Gasteiger partial charge on any atom is 0.496 e. The molecule has 2 aromatic carbocycles. The third-order valence-electron chi connectivity index (χ3n) is 5.50. The molecule has 2 heterocycles. The number of rotatable bonds is 5. The summed E-state index contributed by atoms with van der Waals surface area (Å²) in [5, 5.41) is 3.05. The fourth-order valence-electron chi connectivity index (χ4n) is 3.73. The molecule has 1 aromatic heterocycles. The van der Waals surface area contributed by atoms with Crippen molar-refractivity contribution in [1.29, 1.82) is 0 Å². The number of nitrogens with zero attached hydrogens (tertiary/aromatic N) is 1. The molecule has 0 saturated carbocycles. The number of fused-ring (bicyclic) bond motifs is 1. The number of benzene rings is 2. The lowest BCUT2D eigenvalue weighted by Crippen LogP contribution is -2.40. The highest BCUT2D eigenvalue weighted by Crippen LogP contribution is 2.36. The third-order valence-corrected chi connectivity index (χ3v) is 6.69. The molecule has 0 unspecified atom stereocenters. The molecule has 1 saturated heterocycles. The third kappa shape index (κ3) is 4.35. The normalized spacial score (nSPS) is 15.8. The number of hydrogen-bond donors (Lipinski definition) is 1. The van der Waals surface area contributed by atoms with Crippen LogP contribution in [0, 0.1) is 5.82 Å². The van der Waals surface area contributed by atoms with E-state index in [1.165, 1.54) is 38.4 Å². The minimum atomic E-state index is -3.63. The first-order chi connectivity index (χ1) is 15.4. The zero-order chi connectivity index (χ0) is 24.1. The van der Waals surface area contributed by atoms with Crippen molar-refractivity contribution < 1.29 is 31.3 Å². The second-order valence-electron chi connectivity index (χ2n) is 8.55. The Hall–Kier alpha value is -2.89. The van der Waals surface area contributed by atoms with Crippen molar-refractivity contribution in [2.45, 2.75) is 19.4 Å². The molecule has 1 aliphatic heterocycles. The van der Waals surface area contributed by atoms with Gasteiger partial charge in [0, 0.05) is 36.6 Å². The van der Waals surface area contributed by atoms with Crippen molar-refractivity contribution in [2.24, 2.45) is 0 Å². The van der Waals surface area contributed by atoms with Crippen molar-refractivity contribution in [3.8, 4) is 11.3 Å². The first-order valence-electron chi connectivity index (χ1n) is 10.2. The Balaban J connectivity index is 2.00. The molecule has 4 rings (SSSR count). The average Bonchev–Trinajstić information content (AvgIpc) is 3.30. The van der Waals surface area contributed by atoms with Gasteiger partial charge >= 0.3 is 7.12 Å². The molecule has 0 radical (unpaired) electrons. The predicted molar refractivity (Wildman–Crippen MR) is 125 cm³/mol. The Morgan fingerprint density at radius 1 is 1.21 bits per heavy atom. The van der Waals surface area contributed by atoms with Gasteiger partial charge in [-0.05, 0) is 44.2 Å². The van der Waals surface area contributed by atoms with Crippen LogP contribution in [0.2, 0.25) is 0 Å². The van der Waals surface area contributed by atoms with Crippen LogP contribution in [0.1, 0.15) is 24.2 Å². The van der Waals surface area contributed by atoms with Gasteiger partial charge in [-0.2, -0.15) is 0 Å². The van der Waals surface area contributed by atoms with Gasteiger partial charge in [-0.15, -0.1) is 0 Å². The van der Waals surface area contributed by atoms with Crippen molar-refractivity contribution >= 4 is 45.2 Å². The van der Waals surface area contributed by atoms with Crippen molar-refractivity contribution in [3.05, 3.63) is 47.8 Å². The second kappa shape index (κ2) is 8.16. The first kappa shape index (κ1) is 23.3. The lowest BCUT2D eigenvalue weighted by molar-refractivity contribution is 0.0964. The summed E-state index contributed by atoms with van der Waals surface area (Å²) < 4.78 is 57.1. The van der Waals surface area contributed by atoms with Gasteiger partial charge < -0.3 is 19.0 Å². The maximum absolute atomic E-state index is 13.5. The molecule has 1 amide bonds. The van der Waals surface area contributed by atoms with Crippen LogP contribution in [0.15, 0.2) is 40.8 Å². The summed E-state index contributed by atoms with van der Waals surface area (Å²) in [5.74, 6) is -0.589. The molecule has 0 spiro atoms. The summed E-state index contributed by atoms with van der Waals surface area (Å²) in [6.07, 6.45) is 1.09. The monoisotopic (exact) mass is 474 g/mol. The number of amides is 1. The van der Waals surface area contributed by atoms with Gasteiger partial charge in [0.2, 0.25) is 10.0 Å². The molecule has 1 aliphatic rings. The fraction of sp³-hybridized carbons (Fsp3) is 0.318. The molecule has 11 heteroatoms. The van der Waals surface area contributed by atoms with Gasteiger partial charge in [-0.1, -0.05) is 0 Å². The molecule has 0 bridgehead atoms. The Kier molecular flexibility index (Phi) is 5.75. The maximum atomic E-state index is 13.5. The molecule has 174 valence electrons. The highest BCUT2D eigenvalue weighted by atomic mass is 32.2. The number of sulfonamides is 1. The zero-order valence-electron chi connectivity index (χ0n) is 18.9. The Labute approximate surface area is 191 Å². The lowest BCUT2D eigenvalue weighted by Gasteiger charge is -2.22. The van der Waals surface area contributed by atoms with E-state index in [-0.39, 0.29) is 11.3 Å². The summed E-state index contributed by atoms with van der Waals surface area (Å²) in [7, 11) is -1.55. The number of anilines is 1. The molecule has 1 fully saturated rings. The van der Waals surface area contributed by atoms with Crippen LogP contribution in [0.25, 0.3) is 22.3 Å². The number of halogens is 1. The topological polar surface area (TPSA) is 98.1 Å². The summed E-state index contributed by atoms with van der Waals surface area (Å²) in [4.78, 5) is 12.8. The lowest BCUT2D eigenvalue weighted by atomic mass is 9.77. The van der Waals surface area contributed by atoms with E-state index in [9.17, 15) is 17.6 Å². The highest BCUT2D eigenvalue weighted by molar-refractivity contribution is 7.92. The Morgan fingerprint density at radius 3 is 2.42 bits per heavy atom. The van der Waals surface area contributed by atoms with E-state index in [1.54, 1.807) is 12.1 Å². The smallest absolute Gasteiger partial charge is 0.455 e. The van der Waals surface area contributed by atoms with Gasteiger partial charge in [0.1, 0.15) is 17.2 Å². The van der Waals surface area contributed by atoms with E-state index in [0.717, 1.165) is 10.6 Å². The van der Waals surface area contributed by atoms with Gasteiger partial charge in [-0.3, -0.25) is 9.10 Å². The molecular weight excluding hydrogens is 450 g/mol. The summed E-state index contributed by atoms with van der Waals surface area (Å²) in [6.45, 7) is 4.05. The Bertz CT molecular complexity index is 1340. The molecule has 0 atom stereocenters. The van der Waals surface area contributed by atoms with Crippen LogP contribution in [0.4, 0.5) is 10.1 Å². The van der Waals surface area contributed by atoms with Crippen molar-refractivity contribution in [3.63, 3.8) is 0 Å². The van der Waals surface area contributed by atoms with Crippen LogP contribution in [0.5, 0.6) is 0 Å². The van der Waals surface area contributed by atoms with Crippen molar-refractivity contribution in [2.75, 3.05) is 31.3 Å². The molecule has 33 heavy (non-hydrogen) atoms. The van der Waals surface area contributed by atoms with Crippen LogP contribution < -0.4 is 15.1 Å². The number of carbonyl (C=O) groups excluding carboxylic acids is 1. The van der Waals surface area contributed by atoms with Crippen molar-refractivity contribution in [1.82, 2.24) is 5.32 Å². The number of nitrogens with one attached hydrogen (secondary N) is 1. The minimum absolute atomic E-state index is 0.239. The first-order valence-corrected chi connectivity index (χ1v) is 12.1. The number of furan rings is 1. The standard InChI is InChI=1S/C22H24BFN2O6S/c1-22(2)12-30-23(32-22)16-10-15-18(11-17(16)26(4)33(5,28)29)31-20(19(15)21(27)25-3)13-6-8-14(24)9-7-13/h6-11H,12H2,1-5H3,(H,25,27). The largest absolute Gasteiger partial charge is 0.496 e. The van der Waals surface area contributed by atoms with Crippen LogP contribution in [0.3, 0.4) is 0 Å². The second-order valence-corrected chi connectivity index (χ2v) is 10.6. The summed E-state index contributed by atoms with van der Waals surface area (Å²) >= 11 is 0. The number of carbonyl (C=O) groups is 1. The highest BCUT2D eigenvalue weighted by Gasteiger charge is 2.41. The molecular formula is C22H24BFN2O6S. The van der Waals surface area contributed by atoms with Crippen LogP contribution in [-0.4, -0.2) is 54.0 Å². The SMILES string of the molecule is CNC(=O)c1c(-c2ccc(F)cc2)oc2cc(N(C)S(C)(=O)=O)c(B3OCC(C)(C)O3)cc12. The van der Waals surface area contributed by atoms with E-state index in [1.807, 2.05) is 13.8 Å². The molecule has 0 aliphatic carbocycles. The fourth-order valence-corrected chi connectivity index (χ4v) is 4.25. The van der Waals surface area contributed by atoms with Gasteiger partial charge in [-0.25, -0.2) is 12.8 Å². The quantitative estimate of drug-likeness (QED) is 0.571. The van der Waals surface area contributed by atoms with Gasteiger partial charge in [0.15, 0.2) is 0 Å². The van der Waals surface area contributed by atoms with Gasteiger partial charge in [0.05, 0.1) is 29.7 Å². The van der Waals surface area contributed by atoms with E-state index < -0.39 is 34.5 Å². The number of hydrogen-bond acceptors (Lipinski definition) is 6. The molecule has 1 N–H and O–H groups in total.